The molecule has 2 rings (SSSR count). The Hall–Kier alpha value is -3.20. The third kappa shape index (κ3) is 3.58. The molecule has 24 heavy (non-hydrogen) atoms. The fourth-order valence-corrected chi connectivity index (χ4v) is 2.41. The van der Waals surface area contributed by atoms with Crippen LogP contribution in [0.25, 0.3) is 0 Å². The van der Waals surface area contributed by atoms with Gasteiger partial charge in [0.1, 0.15) is 5.82 Å². The first-order valence-corrected chi connectivity index (χ1v) is 6.99. The highest BCUT2D eigenvalue weighted by molar-refractivity contribution is 5.82. The summed E-state index contributed by atoms with van der Waals surface area (Å²) in [6.07, 6.45) is -2.41. The van der Waals surface area contributed by atoms with Crippen molar-refractivity contribution < 1.29 is 19.9 Å². The van der Waals surface area contributed by atoms with E-state index in [-0.39, 0.29) is 11.4 Å². The molecule has 0 spiro atoms. The molecule has 1 amide bonds. The van der Waals surface area contributed by atoms with E-state index in [9.17, 15) is 20.0 Å². The summed E-state index contributed by atoms with van der Waals surface area (Å²) in [5, 5.41) is 32.6. The number of hydrogen-bond donors (Lipinski definition) is 4. The number of nitrogens with zero attached hydrogens (tertiary/aromatic N) is 2. The van der Waals surface area contributed by atoms with Crippen LogP contribution in [0.2, 0.25) is 0 Å². The number of aliphatic hydroxyl groups excluding tert-OH is 1. The highest BCUT2D eigenvalue weighted by Crippen LogP contribution is 2.39. The van der Waals surface area contributed by atoms with E-state index in [0.29, 0.717) is 5.56 Å². The summed E-state index contributed by atoms with van der Waals surface area (Å²) in [7, 11) is 0. The number of anilines is 2. The van der Waals surface area contributed by atoms with Gasteiger partial charge in [0.05, 0.1) is 11.0 Å². The third-order valence-electron chi connectivity index (χ3n) is 3.57. The number of nitrogens with two attached hydrogens (primary N) is 1. The molecule has 9 heteroatoms. The van der Waals surface area contributed by atoms with Gasteiger partial charge >= 0.3 is 11.8 Å². The third-order valence-corrected chi connectivity index (χ3v) is 3.57. The number of nitrogens with one attached hydrogen (secondary N) is 1. The van der Waals surface area contributed by atoms with Crippen molar-refractivity contribution in [2.75, 3.05) is 11.1 Å². The number of benzene rings is 1. The molecule has 0 bridgehead atoms. The first-order valence-electron chi connectivity index (χ1n) is 6.99. The van der Waals surface area contributed by atoms with Crippen LogP contribution in [-0.4, -0.2) is 26.2 Å². The molecule has 2 aromatic rings. The zero-order valence-corrected chi connectivity index (χ0v) is 12.7. The number of hydrogen-bond acceptors (Lipinski definition) is 6. The lowest BCUT2D eigenvalue weighted by atomic mass is 9.90. The molecular weight excluding hydrogens is 316 g/mol. The Morgan fingerprint density at radius 1 is 1.38 bits per heavy atom. The molecule has 1 aromatic carbocycles. The minimum Gasteiger partial charge on any atom is -0.465 e. The van der Waals surface area contributed by atoms with Gasteiger partial charge in [-0.15, -0.1) is 0 Å². The maximum atomic E-state index is 11.3. The van der Waals surface area contributed by atoms with Gasteiger partial charge in [0.25, 0.3) is 0 Å². The Balaban J connectivity index is 2.51. The Morgan fingerprint density at radius 3 is 2.54 bits per heavy atom. The topological polar surface area (TPSA) is 152 Å². The van der Waals surface area contributed by atoms with Gasteiger partial charge in [0, 0.05) is 11.5 Å². The Labute approximate surface area is 136 Å². The van der Waals surface area contributed by atoms with E-state index in [2.05, 4.69) is 4.98 Å². The second-order valence-electron chi connectivity index (χ2n) is 5.16. The Kier molecular flexibility index (Phi) is 4.95. The lowest BCUT2D eigenvalue weighted by Crippen LogP contribution is -2.15. The molecule has 0 saturated heterocycles. The second-order valence-corrected chi connectivity index (χ2v) is 5.16. The first-order chi connectivity index (χ1) is 11.3. The van der Waals surface area contributed by atoms with Crippen LogP contribution >= 0.6 is 0 Å². The van der Waals surface area contributed by atoms with Crippen LogP contribution in [0.15, 0.2) is 36.4 Å². The van der Waals surface area contributed by atoms with Crippen molar-refractivity contribution in [1.29, 1.82) is 0 Å². The van der Waals surface area contributed by atoms with Crippen LogP contribution in [0.5, 0.6) is 0 Å². The molecule has 0 aliphatic heterocycles. The lowest BCUT2D eigenvalue weighted by molar-refractivity contribution is -0.385. The van der Waals surface area contributed by atoms with Gasteiger partial charge in [0.2, 0.25) is 5.82 Å². The number of carboxylic acid groups (broad SMARTS) is 1. The zero-order valence-electron chi connectivity index (χ0n) is 12.7. The lowest BCUT2D eigenvalue weighted by Gasteiger charge is -2.20. The van der Waals surface area contributed by atoms with Crippen molar-refractivity contribution in [3.63, 3.8) is 0 Å². The molecule has 0 fully saturated rings. The van der Waals surface area contributed by atoms with Crippen molar-refractivity contribution in [2.24, 2.45) is 0 Å². The maximum absolute atomic E-state index is 11.3. The molecule has 1 heterocycles. The molecule has 0 saturated carbocycles. The summed E-state index contributed by atoms with van der Waals surface area (Å²) in [5.74, 6) is -1.28. The van der Waals surface area contributed by atoms with E-state index >= 15 is 0 Å². The molecular formula is C15H16N4O5. The fraction of sp³-hybridized carbons (Fsp3) is 0.200. The van der Waals surface area contributed by atoms with Crippen molar-refractivity contribution in [3.8, 4) is 0 Å². The number of nitrogen functional groups attached to an aromatic ring is 1. The van der Waals surface area contributed by atoms with Crippen LogP contribution in [-0.2, 0) is 0 Å². The van der Waals surface area contributed by atoms with Crippen LogP contribution in [0, 0.1) is 10.1 Å². The zero-order chi connectivity index (χ0) is 17.9. The first kappa shape index (κ1) is 17.2. The van der Waals surface area contributed by atoms with E-state index in [1.54, 1.807) is 37.3 Å². The fourth-order valence-electron chi connectivity index (χ4n) is 2.41. The van der Waals surface area contributed by atoms with Gasteiger partial charge in [-0.25, -0.2) is 9.78 Å². The van der Waals surface area contributed by atoms with Crippen molar-refractivity contribution in [3.05, 3.63) is 57.6 Å². The highest BCUT2D eigenvalue weighted by atomic mass is 16.6. The van der Waals surface area contributed by atoms with Crippen LogP contribution in [0.3, 0.4) is 0 Å². The monoisotopic (exact) mass is 332 g/mol. The van der Waals surface area contributed by atoms with Gasteiger partial charge in [-0.05, 0) is 11.6 Å². The Bertz CT molecular complexity index is 766. The van der Waals surface area contributed by atoms with Crippen LogP contribution in [0.1, 0.15) is 30.1 Å². The van der Waals surface area contributed by atoms with Gasteiger partial charge in [-0.1, -0.05) is 37.3 Å². The second kappa shape index (κ2) is 6.92. The summed E-state index contributed by atoms with van der Waals surface area (Å²) in [5.41, 5.74) is 5.82. The van der Waals surface area contributed by atoms with Gasteiger partial charge in [-0.3, -0.25) is 15.4 Å². The van der Waals surface area contributed by atoms with E-state index in [1.807, 2.05) is 5.32 Å². The average molecular weight is 332 g/mol. The molecule has 0 aliphatic carbocycles. The van der Waals surface area contributed by atoms with Crippen LogP contribution in [0.4, 0.5) is 22.1 Å². The minimum atomic E-state index is -1.38. The SMILES string of the molecule is C[C@H](c1cc(NC(=O)O)nc(N)c1[N+](=O)[O-])[C@H](O)c1ccccc1. The number of amides is 1. The van der Waals surface area contributed by atoms with Gasteiger partial charge in [0.15, 0.2) is 0 Å². The van der Waals surface area contributed by atoms with E-state index in [1.165, 1.54) is 6.07 Å². The number of nitro groups is 1. The number of pyridine rings is 1. The molecule has 9 nitrogen and oxygen atoms in total. The molecule has 0 radical (unpaired) electrons. The molecule has 5 N–H and O–H groups in total. The molecule has 2 atom stereocenters. The molecule has 0 aliphatic rings. The van der Waals surface area contributed by atoms with Crippen molar-refractivity contribution in [1.82, 2.24) is 4.98 Å². The number of rotatable bonds is 5. The molecule has 1 aromatic heterocycles. The summed E-state index contributed by atoms with van der Waals surface area (Å²) in [6, 6.07) is 9.83. The van der Waals surface area contributed by atoms with E-state index in [0.717, 1.165) is 0 Å². The standard InChI is InChI=1S/C15H16N4O5/c1-8(13(20)9-5-3-2-4-6-9)10-7-11(18-15(21)22)17-14(16)12(10)19(23)24/h2-8,13,20H,1H3,(H,21,22)(H3,16,17,18)/t8-,13+/m1/s1. The van der Waals surface area contributed by atoms with E-state index < -0.39 is 34.5 Å². The molecule has 0 unspecified atom stereocenters. The smallest absolute Gasteiger partial charge is 0.410 e. The Morgan fingerprint density at radius 2 is 2.00 bits per heavy atom. The number of carbonyl (C=O) groups is 1. The van der Waals surface area contributed by atoms with Gasteiger partial charge < -0.3 is 15.9 Å². The average Bonchev–Trinajstić information content (AvgIpc) is 2.52. The summed E-state index contributed by atoms with van der Waals surface area (Å²) < 4.78 is 0. The predicted octanol–water partition coefficient (Wildman–Crippen LogP) is 2.50. The maximum Gasteiger partial charge on any atom is 0.410 e. The minimum absolute atomic E-state index is 0.0904. The molecule has 126 valence electrons. The number of aliphatic hydroxyl groups is 1. The van der Waals surface area contributed by atoms with E-state index in [4.69, 9.17) is 10.8 Å². The normalized spacial score (nSPS) is 13.1. The van der Waals surface area contributed by atoms with Crippen molar-refractivity contribution in [2.45, 2.75) is 18.9 Å². The largest absolute Gasteiger partial charge is 0.465 e. The van der Waals surface area contributed by atoms with Crippen molar-refractivity contribution >= 4 is 23.4 Å². The number of aromatic nitrogens is 1. The van der Waals surface area contributed by atoms with Crippen LogP contribution < -0.4 is 11.1 Å². The summed E-state index contributed by atoms with van der Waals surface area (Å²) in [4.78, 5) is 25.0. The summed E-state index contributed by atoms with van der Waals surface area (Å²) in [6.45, 7) is 1.59. The quantitative estimate of drug-likeness (QED) is 0.485. The van der Waals surface area contributed by atoms with Gasteiger partial charge in [-0.2, -0.15) is 0 Å². The highest BCUT2D eigenvalue weighted by Gasteiger charge is 2.29. The predicted molar refractivity (Wildman–Crippen MR) is 86.8 cm³/mol. The summed E-state index contributed by atoms with van der Waals surface area (Å²) >= 11 is 0.